The number of benzene rings is 2. The number of nitriles is 1. The van der Waals surface area contributed by atoms with E-state index in [0.29, 0.717) is 35.8 Å². The molecule has 1 aromatic heterocycles. The van der Waals surface area contributed by atoms with E-state index in [1.807, 2.05) is 6.07 Å². The number of hydrogen-bond donors (Lipinski definition) is 0. The molecule has 0 aliphatic carbocycles. The second-order valence-electron chi connectivity index (χ2n) is 5.77. The first-order valence-corrected chi connectivity index (χ1v) is 7.82. The van der Waals surface area contributed by atoms with Gasteiger partial charge in [0.15, 0.2) is 11.5 Å². The molecule has 5 nitrogen and oxygen atoms in total. The van der Waals surface area contributed by atoms with Crippen LogP contribution in [0.2, 0.25) is 0 Å². The van der Waals surface area contributed by atoms with Crippen molar-refractivity contribution in [2.24, 2.45) is 0 Å². The van der Waals surface area contributed by atoms with Crippen molar-refractivity contribution in [3.63, 3.8) is 0 Å². The van der Waals surface area contributed by atoms with Gasteiger partial charge in [-0.05, 0) is 11.6 Å². The molecule has 0 atom stereocenters. The predicted molar refractivity (Wildman–Crippen MR) is 86.0 cm³/mol. The van der Waals surface area contributed by atoms with Crippen molar-refractivity contribution in [1.82, 2.24) is 9.55 Å². The van der Waals surface area contributed by atoms with Crippen LogP contribution in [0.25, 0.3) is 11.0 Å². The maximum atomic E-state index is 13.5. The Morgan fingerprint density at radius 2 is 1.81 bits per heavy atom. The van der Waals surface area contributed by atoms with Gasteiger partial charge < -0.3 is 14.0 Å². The molecule has 132 valence electrons. The lowest BCUT2D eigenvalue weighted by Crippen LogP contribution is -2.16. The molecule has 0 fully saturated rings. The van der Waals surface area contributed by atoms with Gasteiger partial charge in [-0.25, -0.2) is 4.98 Å². The largest absolute Gasteiger partial charge is 0.486 e. The van der Waals surface area contributed by atoms with Gasteiger partial charge >= 0.3 is 6.18 Å². The van der Waals surface area contributed by atoms with Crippen LogP contribution in [0.15, 0.2) is 36.4 Å². The lowest BCUT2D eigenvalue weighted by molar-refractivity contribution is -0.146. The third-order valence-electron chi connectivity index (χ3n) is 4.13. The minimum Gasteiger partial charge on any atom is -0.486 e. The number of ether oxygens (including phenoxy) is 2. The van der Waals surface area contributed by atoms with Gasteiger partial charge in [-0.1, -0.05) is 18.2 Å². The molecule has 1 aliphatic heterocycles. The number of fused-ring (bicyclic) bond motifs is 2. The van der Waals surface area contributed by atoms with Gasteiger partial charge in [0, 0.05) is 12.1 Å². The van der Waals surface area contributed by atoms with Crippen LogP contribution in [-0.4, -0.2) is 22.8 Å². The SMILES string of the molecule is N#Cc1ccccc1Cn1c(C(F)(F)F)nc2cc3c(cc21)OCCO3. The zero-order valence-electron chi connectivity index (χ0n) is 13.4. The van der Waals surface area contributed by atoms with Crippen LogP contribution >= 0.6 is 0 Å². The second-order valence-corrected chi connectivity index (χ2v) is 5.77. The second kappa shape index (κ2) is 5.95. The first-order valence-electron chi connectivity index (χ1n) is 7.82. The standard InChI is InChI=1S/C18H12F3N3O2/c19-18(20,21)17-23-13-7-15-16(26-6-5-25-15)8-14(13)24(17)10-12-4-2-1-3-11(12)9-22/h1-4,7-8H,5-6,10H2. The number of nitrogens with zero attached hydrogens (tertiary/aromatic N) is 3. The first-order chi connectivity index (χ1) is 12.5. The van der Waals surface area contributed by atoms with E-state index in [-0.39, 0.29) is 17.6 Å². The van der Waals surface area contributed by atoms with Crippen molar-refractivity contribution in [1.29, 1.82) is 5.26 Å². The summed E-state index contributed by atoms with van der Waals surface area (Å²) in [6.45, 7) is 0.533. The molecule has 0 N–H and O–H groups in total. The highest BCUT2D eigenvalue weighted by Gasteiger charge is 2.38. The highest BCUT2D eigenvalue weighted by Crippen LogP contribution is 2.38. The molecule has 0 radical (unpaired) electrons. The van der Waals surface area contributed by atoms with E-state index in [4.69, 9.17) is 9.47 Å². The number of rotatable bonds is 2. The molecule has 0 saturated heterocycles. The molecule has 26 heavy (non-hydrogen) atoms. The highest BCUT2D eigenvalue weighted by atomic mass is 19.4. The van der Waals surface area contributed by atoms with Crippen LogP contribution in [0.3, 0.4) is 0 Å². The minimum absolute atomic E-state index is 0.130. The van der Waals surface area contributed by atoms with Crippen molar-refractivity contribution in [3.8, 4) is 17.6 Å². The molecule has 4 rings (SSSR count). The third-order valence-corrected chi connectivity index (χ3v) is 4.13. The quantitative estimate of drug-likeness (QED) is 0.699. The van der Waals surface area contributed by atoms with E-state index in [2.05, 4.69) is 4.98 Å². The number of aromatic nitrogens is 2. The van der Waals surface area contributed by atoms with E-state index in [1.165, 1.54) is 12.1 Å². The number of hydrogen-bond acceptors (Lipinski definition) is 4. The zero-order valence-corrected chi connectivity index (χ0v) is 13.4. The van der Waals surface area contributed by atoms with Crippen molar-refractivity contribution >= 4 is 11.0 Å². The lowest BCUT2D eigenvalue weighted by atomic mass is 10.1. The van der Waals surface area contributed by atoms with E-state index >= 15 is 0 Å². The summed E-state index contributed by atoms with van der Waals surface area (Å²) >= 11 is 0. The average molecular weight is 359 g/mol. The summed E-state index contributed by atoms with van der Waals surface area (Å²) in [6, 6.07) is 11.5. The van der Waals surface area contributed by atoms with Crippen LogP contribution in [0, 0.1) is 11.3 Å². The Morgan fingerprint density at radius 1 is 1.12 bits per heavy atom. The number of imidazole rings is 1. The fourth-order valence-corrected chi connectivity index (χ4v) is 2.98. The Balaban J connectivity index is 1.92. The van der Waals surface area contributed by atoms with Gasteiger partial charge in [0.25, 0.3) is 0 Å². The summed E-state index contributed by atoms with van der Waals surface area (Å²) in [5, 5.41) is 9.21. The summed E-state index contributed by atoms with van der Waals surface area (Å²) in [5.41, 5.74) is 1.24. The number of halogens is 3. The summed E-state index contributed by atoms with van der Waals surface area (Å²) in [4.78, 5) is 3.76. The molecule has 8 heteroatoms. The molecule has 0 spiro atoms. The average Bonchev–Trinajstić information content (AvgIpc) is 2.98. The van der Waals surface area contributed by atoms with Gasteiger partial charge in [-0.15, -0.1) is 0 Å². The van der Waals surface area contributed by atoms with Gasteiger partial charge in [0.05, 0.1) is 29.2 Å². The third kappa shape index (κ3) is 2.71. The summed E-state index contributed by atoms with van der Waals surface area (Å²) in [5.74, 6) is -0.269. The molecule has 3 aromatic rings. The molecule has 1 aliphatic rings. The van der Waals surface area contributed by atoms with E-state index in [0.717, 1.165) is 4.57 Å². The Kier molecular flexibility index (Phi) is 3.72. The van der Waals surface area contributed by atoms with Crippen molar-refractivity contribution in [2.75, 3.05) is 13.2 Å². The van der Waals surface area contributed by atoms with E-state index in [9.17, 15) is 18.4 Å². The van der Waals surface area contributed by atoms with Gasteiger partial charge in [0.1, 0.15) is 13.2 Å². The molecule has 0 unspecified atom stereocenters. The number of alkyl halides is 3. The summed E-state index contributed by atoms with van der Waals surface area (Å²) in [6.07, 6.45) is -4.64. The van der Waals surface area contributed by atoms with Crippen molar-refractivity contribution < 1.29 is 22.6 Å². The van der Waals surface area contributed by atoms with E-state index < -0.39 is 12.0 Å². The Hall–Kier alpha value is -3.21. The van der Waals surface area contributed by atoms with E-state index in [1.54, 1.807) is 24.3 Å². The van der Waals surface area contributed by atoms with Crippen LogP contribution in [-0.2, 0) is 12.7 Å². The van der Waals surface area contributed by atoms with Gasteiger partial charge in [0.2, 0.25) is 5.82 Å². The topological polar surface area (TPSA) is 60.1 Å². The normalized spacial score (nSPS) is 13.6. The first kappa shape index (κ1) is 16.3. The monoisotopic (exact) mass is 359 g/mol. The maximum Gasteiger partial charge on any atom is 0.449 e. The molecule has 0 bridgehead atoms. The summed E-state index contributed by atoms with van der Waals surface area (Å²) in [7, 11) is 0. The minimum atomic E-state index is -4.64. The fourth-order valence-electron chi connectivity index (χ4n) is 2.98. The molecule has 0 amide bonds. The molecular formula is C18H12F3N3O2. The Morgan fingerprint density at radius 3 is 2.50 bits per heavy atom. The van der Waals surface area contributed by atoms with Crippen LogP contribution in [0.4, 0.5) is 13.2 Å². The predicted octanol–water partition coefficient (Wildman–Crippen LogP) is 3.75. The van der Waals surface area contributed by atoms with Crippen LogP contribution in [0.1, 0.15) is 17.0 Å². The zero-order chi connectivity index (χ0) is 18.3. The molecular weight excluding hydrogens is 347 g/mol. The Bertz CT molecular complexity index is 1030. The Labute approximate surface area is 146 Å². The van der Waals surface area contributed by atoms with Crippen molar-refractivity contribution in [2.45, 2.75) is 12.7 Å². The molecule has 2 aromatic carbocycles. The smallest absolute Gasteiger partial charge is 0.449 e. The van der Waals surface area contributed by atoms with Gasteiger partial charge in [-0.3, -0.25) is 0 Å². The fraction of sp³-hybridized carbons (Fsp3) is 0.222. The van der Waals surface area contributed by atoms with Gasteiger partial charge in [-0.2, -0.15) is 18.4 Å². The molecule has 2 heterocycles. The molecule has 0 saturated carbocycles. The van der Waals surface area contributed by atoms with Crippen molar-refractivity contribution in [3.05, 3.63) is 53.3 Å². The van der Waals surface area contributed by atoms with Crippen LogP contribution < -0.4 is 9.47 Å². The van der Waals surface area contributed by atoms with Crippen LogP contribution in [0.5, 0.6) is 11.5 Å². The lowest BCUT2D eigenvalue weighted by Gasteiger charge is -2.18. The highest BCUT2D eigenvalue weighted by molar-refractivity contribution is 5.81. The summed E-state index contributed by atoms with van der Waals surface area (Å²) < 4.78 is 52.6. The maximum absolute atomic E-state index is 13.5.